The van der Waals surface area contributed by atoms with Crippen LogP contribution in [0.2, 0.25) is 0 Å². The maximum absolute atomic E-state index is 12.5. The van der Waals surface area contributed by atoms with E-state index in [0.717, 1.165) is 25.7 Å². The van der Waals surface area contributed by atoms with Crippen molar-refractivity contribution in [3.8, 4) is 5.75 Å². The van der Waals surface area contributed by atoms with Gasteiger partial charge in [-0.3, -0.25) is 9.59 Å². The number of hydrogen-bond acceptors (Lipinski definition) is 4. The van der Waals surface area contributed by atoms with Gasteiger partial charge in [0.1, 0.15) is 5.75 Å². The fourth-order valence-corrected chi connectivity index (χ4v) is 2.74. The molecule has 1 amide bonds. The Bertz CT molecular complexity index is 506. The van der Waals surface area contributed by atoms with Crippen molar-refractivity contribution >= 4 is 11.9 Å². The first-order chi connectivity index (χ1) is 10.6. The zero-order valence-corrected chi connectivity index (χ0v) is 13.1. The largest absolute Gasteiger partial charge is 0.497 e. The van der Waals surface area contributed by atoms with Gasteiger partial charge in [-0.2, -0.15) is 0 Å². The fourth-order valence-electron chi connectivity index (χ4n) is 2.74. The van der Waals surface area contributed by atoms with Gasteiger partial charge in [-0.1, -0.05) is 31.4 Å². The molecule has 0 bridgehead atoms. The molecule has 0 radical (unpaired) electrons. The molecule has 0 heterocycles. The van der Waals surface area contributed by atoms with Crippen LogP contribution in [0.4, 0.5) is 0 Å². The number of nitrogens with one attached hydrogen (secondary N) is 1. The van der Waals surface area contributed by atoms with E-state index in [4.69, 9.17) is 9.47 Å². The Hall–Kier alpha value is -2.04. The number of amides is 1. The topological polar surface area (TPSA) is 64.6 Å². The molecule has 1 N–H and O–H groups in total. The quantitative estimate of drug-likeness (QED) is 0.850. The Morgan fingerprint density at radius 1 is 1.14 bits per heavy atom. The molecule has 1 aliphatic carbocycles. The van der Waals surface area contributed by atoms with Gasteiger partial charge >= 0.3 is 5.97 Å². The van der Waals surface area contributed by atoms with Gasteiger partial charge in [-0.15, -0.1) is 0 Å². The van der Waals surface area contributed by atoms with Gasteiger partial charge in [0.15, 0.2) is 0 Å². The van der Waals surface area contributed by atoms with Crippen LogP contribution in [-0.4, -0.2) is 25.0 Å². The number of esters is 1. The van der Waals surface area contributed by atoms with Crippen LogP contribution < -0.4 is 10.1 Å². The van der Waals surface area contributed by atoms with Crippen LogP contribution in [-0.2, 0) is 14.3 Å². The summed E-state index contributed by atoms with van der Waals surface area (Å²) in [5.41, 5.74) is 0.643. The summed E-state index contributed by atoms with van der Waals surface area (Å²) in [4.78, 5) is 23.8. The third-order valence-electron chi connectivity index (χ3n) is 3.89. The third-order valence-corrected chi connectivity index (χ3v) is 3.89. The minimum absolute atomic E-state index is 0.178. The average Bonchev–Trinajstić information content (AvgIpc) is 2.53. The molecule has 1 saturated carbocycles. The predicted molar refractivity (Wildman–Crippen MR) is 82.5 cm³/mol. The number of methoxy groups -OCH3 is 1. The molecular formula is C17H23NO4. The zero-order valence-electron chi connectivity index (χ0n) is 13.1. The first kappa shape index (κ1) is 16.3. The van der Waals surface area contributed by atoms with Crippen molar-refractivity contribution in [2.75, 3.05) is 7.11 Å². The second-order valence-corrected chi connectivity index (χ2v) is 5.61. The van der Waals surface area contributed by atoms with E-state index in [1.165, 1.54) is 13.3 Å². The highest BCUT2D eigenvalue weighted by Crippen LogP contribution is 2.23. The number of carbonyl (C=O) groups is 2. The smallest absolute Gasteiger partial charge is 0.303 e. The van der Waals surface area contributed by atoms with Crippen LogP contribution in [0.5, 0.6) is 5.75 Å². The van der Waals surface area contributed by atoms with E-state index >= 15 is 0 Å². The highest BCUT2D eigenvalue weighted by molar-refractivity contribution is 5.84. The zero-order chi connectivity index (χ0) is 15.9. The second kappa shape index (κ2) is 7.82. The van der Waals surface area contributed by atoms with Crippen molar-refractivity contribution in [3.05, 3.63) is 29.8 Å². The monoisotopic (exact) mass is 305 g/mol. The minimum atomic E-state index is -0.912. The lowest BCUT2D eigenvalue weighted by molar-refractivity contribution is -0.154. The number of rotatable bonds is 5. The molecule has 0 spiro atoms. The Labute approximate surface area is 131 Å². The summed E-state index contributed by atoms with van der Waals surface area (Å²) in [6, 6.07) is 7.16. The molecule has 22 heavy (non-hydrogen) atoms. The average molecular weight is 305 g/mol. The van der Waals surface area contributed by atoms with E-state index in [1.807, 2.05) is 0 Å². The number of hydrogen-bond donors (Lipinski definition) is 1. The summed E-state index contributed by atoms with van der Waals surface area (Å²) >= 11 is 0. The molecule has 1 atom stereocenters. The molecule has 1 aromatic rings. The van der Waals surface area contributed by atoms with Crippen LogP contribution >= 0.6 is 0 Å². The van der Waals surface area contributed by atoms with E-state index in [1.54, 1.807) is 31.4 Å². The SMILES string of the molecule is COc1ccc(C(OC(C)=O)C(=O)NC2CCCCC2)cc1. The molecule has 1 fully saturated rings. The number of carbonyl (C=O) groups excluding carboxylic acids is 2. The van der Waals surface area contributed by atoms with Crippen molar-refractivity contribution < 1.29 is 19.1 Å². The van der Waals surface area contributed by atoms with Crippen LogP contribution in [0.3, 0.4) is 0 Å². The molecule has 5 nitrogen and oxygen atoms in total. The van der Waals surface area contributed by atoms with Gasteiger partial charge in [0.25, 0.3) is 5.91 Å². The molecule has 0 saturated heterocycles. The van der Waals surface area contributed by atoms with Crippen molar-refractivity contribution in [2.45, 2.75) is 51.2 Å². The molecule has 120 valence electrons. The van der Waals surface area contributed by atoms with Crippen molar-refractivity contribution in [2.24, 2.45) is 0 Å². The van der Waals surface area contributed by atoms with Gasteiger partial charge < -0.3 is 14.8 Å². The molecule has 1 aliphatic rings. The normalized spacial score (nSPS) is 16.6. The molecule has 1 aromatic carbocycles. The summed E-state index contributed by atoms with van der Waals surface area (Å²) in [6.45, 7) is 1.31. The minimum Gasteiger partial charge on any atom is -0.497 e. The Balaban J connectivity index is 2.09. The first-order valence-electron chi connectivity index (χ1n) is 7.71. The van der Waals surface area contributed by atoms with Crippen molar-refractivity contribution in [1.82, 2.24) is 5.32 Å². The Morgan fingerprint density at radius 2 is 1.77 bits per heavy atom. The predicted octanol–water partition coefficient (Wildman–Crippen LogP) is 2.75. The molecule has 5 heteroatoms. The molecule has 0 aromatic heterocycles. The van der Waals surface area contributed by atoms with Gasteiger partial charge in [0.2, 0.25) is 6.10 Å². The van der Waals surface area contributed by atoms with Crippen LogP contribution in [0.15, 0.2) is 24.3 Å². The first-order valence-corrected chi connectivity index (χ1v) is 7.71. The maximum atomic E-state index is 12.5. The highest BCUT2D eigenvalue weighted by atomic mass is 16.5. The van der Waals surface area contributed by atoms with Crippen LogP contribution in [0, 0.1) is 0 Å². The summed E-state index contributed by atoms with van der Waals surface area (Å²) < 4.78 is 10.3. The number of ether oxygens (including phenoxy) is 2. The van der Waals surface area contributed by atoms with Gasteiger partial charge in [-0.05, 0) is 25.0 Å². The lowest BCUT2D eigenvalue weighted by atomic mass is 9.95. The van der Waals surface area contributed by atoms with E-state index in [2.05, 4.69) is 5.32 Å². The number of benzene rings is 1. The molecular weight excluding hydrogens is 282 g/mol. The van der Waals surface area contributed by atoms with Crippen LogP contribution in [0.25, 0.3) is 0 Å². The van der Waals surface area contributed by atoms with Crippen molar-refractivity contribution in [3.63, 3.8) is 0 Å². The lowest BCUT2D eigenvalue weighted by Gasteiger charge is -2.25. The van der Waals surface area contributed by atoms with E-state index in [0.29, 0.717) is 11.3 Å². The van der Waals surface area contributed by atoms with Crippen LogP contribution in [0.1, 0.15) is 50.7 Å². The Kier molecular flexibility index (Phi) is 5.81. The summed E-state index contributed by atoms with van der Waals surface area (Å²) in [7, 11) is 1.58. The van der Waals surface area contributed by atoms with Gasteiger partial charge in [-0.25, -0.2) is 0 Å². The second-order valence-electron chi connectivity index (χ2n) is 5.61. The fraction of sp³-hybridized carbons (Fsp3) is 0.529. The van der Waals surface area contributed by atoms with E-state index < -0.39 is 12.1 Å². The lowest BCUT2D eigenvalue weighted by Crippen LogP contribution is -2.40. The summed E-state index contributed by atoms with van der Waals surface area (Å²) in [5.74, 6) is -0.0371. The van der Waals surface area contributed by atoms with Crippen molar-refractivity contribution in [1.29, 1.82) is 0 Å². The highest BCUT2D eigenvalue weighted by Gasteiger charge is 2.26. The maximum Gasteiger partial charge on any atom is 0.303 e. The third kappa shape index (κ3) is 4.48. The standard InChI is InChI=1S/C17H23NO4/c1-12(19)22-16(13-8-10-15(21-2)11-9-13)17(20)18-14-6-4-3-5-7-14/h8-11,14,16H,3-7H2,1-2H3,(H,18,20). The molecule has 2 rings (SSSR count). The summed E-state index contributed by atoms with van der Waals surface area (Å²) in [6.07, 6.45) is 4.54. The molecule has 1 unspecified atom stereocenters. The Morgan fingerprint density at radius 3 is 2.32 bits per heavy atom. The van der Waals surface area contributed by atoms with Gasteiger partial charge in [0.05, 0.1) is 7.11 Å². The molecule has 0 aliphatic heterocycles. The van der Waals surface area contributed by atoms with E-state index in [9.17, 15) is 9.59 Å². The summed E-state index contributed by atoms with van der Waals surface area (Å²) in [5, 5.41) is 3.00. The van der Waals surface area contributed by atoms with Gasteiger partial charge in [0, 0.05) is 18.5 Å². The van der Waals surface area contributed by atoms with E-state index in [-0.39, 0.29) is 11.9 Å².